The highest BCUT2D eigenvalue weighted by atomic mass is 32.2. The summed E-state index contributed by atoms with van der Waals surface area (Å²) < 4.78 is 29.3. The Bertz CT molecular complexity index is 1030. The second-order valence-electron chi connectivity index (χ2n) is 5.40. The SMILES string of the molecule is COc1ccc(-c2nnc(SCc3nnc(-c4ccc(F)cc4)o3)o2)cc1. The first-order valence-corrected chi connectivity index (χ1v) is 8.89. The van der Waals surface area contributed by atoms with E-state index in [1.807, 2.05) is 24.3 Å². The van der Waals surface area contributed by atoms with Gasteiger partial charge in [0.25, 0.3) is 5.22 Å². The minimum Gasteiger partial charge on any atom is -0.497 e. The molecule has 0 radical (unpaired) electrons. The quantitative estimate of drug-likeness (QED) is 0.457. The molecule has 0 aliphatic rings. The van der Waals surface area contributed by atoms with Crippen molar-refractivity contribution in [3.05, 3.63) is 60.2 Å². The highest BCUT2D eigenvalue weighted by Crippen LogP contribution is 2.27. The predicted octanol–water partition coefficient (Wildman–Crippen LogP) is 4.23. The molecular weight excluding hydrogens is 371 g/mol. The Morgan fingerprint density at radius 1 is 0.852 bits per heavy atom. The van der Waals surface area contributed by atoms with Crippen LogP contribution in [0, 0.1) is 5.82 Å². The smallest absolute Gasteiger partial charge is 0.277 e. The molecule has 2 aromatic carbocycles. The number of methoxy groups -OCH3 is 1. The van der Waals surface area contributed by atoms with Gasteiger partial charge in [-0.3, -0.25) is 0 Å². The van der Waals surface area contributed by atoms with Crippen LogP contribution < -0.4 is 4.74 Å². The van der Waals surface area contributed by atoms with Crippen LogP contribution in [0.5, 0.6) is 5.75 Å². The number of rotatable bonds is 6. The molecule has 0 saturated heterocycles. The normalized spacial score (nSPS) is 10.9. The standard InChI is InChI=1S/C18H13FN4O3S/c1-24-14-8-4-12(5-9-14)17-22-23-18(26-17)27-10-15-20-21-16(25-15)11-2-6-13(19)7-3-11/h2-9H,10H2,1H3. The van der Waals surface area contributed by atoms with Crippen LogP contribution in [0.2, 0.25) is 0 Å². The molecule has 0 aliphatic heterocycles. The number of nitrogens with zero attached hydrogens (tertiary/aromatic N) is 4. The van der Waals surface area contributed by atoms with Gasteiger partial charge in [0.15, 0.2) is 0 Å². The van der Waals surface area contributed by atoms with Gasteiger partial charge in [0, 0.05) is 11.1 Å². The summed E-state index contributed by atoms with van der Waals surface area (Å²) >= 11 is 1.29. The van der Waals surface area contributed by atoms with Crippen molar-refractivity contribution in [2.75, 3.05) is 7.11 Å². The van der Waals surface area contributed by atoms with Crippen molar-refractivity contribution >= 4 is 11.8 Å². The van der Waals surface area contributed by atoms with E-state index in [-0.39, 0.29) is 5.82 Å². The second-order valence-corrected chi connectivity index (χ2v) is 6.32. The lowest BCUT2D eigenvalue weighted by molar-refractivity contribution is 0.414. The second kappa shape index (κ2) is 7.58. The van der Waals surface area contributed by atoms with Gasteiger partial charge in [-0.15, -0.1) is 20.4 Å². The number of benzene rings is 2. The van der Waals surface area contributed by atoms with Crippen LogP contribution in [0.4, 0.5) is 4.39 Å². The number of halogens is 1. The van der Waals surface area contributed by atoms with E-state index in [0.717, 1.165) is 11.3 Å². The van der Waals surface area contributed by atoms with Crippen molar-refractivity contribution in [3.8, 4) is 28.7 Å². The lowest BCUT2D eigenvalue weighted by Gasteiger charge is -1.99. The first-order valence-electron chi connectivity index (χ1n) is 7.90. The molecule has 0 aliphatic carbocycles. The summed E-state index contributed by atoms with van der Waals surface area (Å²) in [5, 5.41) is 16.4. The molecule has 2 aromatic heterocycles. The van der Waals surface area contributed by atoms with Crippen molar-refractivity contribution in [1.82, 2.24) is 20.4 Å². The van der Waals surface area contributed by atoms with Gasteiger partial charge in [-0.2, -0.15) is 0 Å². The van der Waals surface area contributed by atoms with E-state index in [1.54, 1.807) is 19.2 Å². The molecule has 0 spiro atoms. The van der Waals surface area contributed by atoms with Gasteiger partial charge < -0.3 is 13.6 Å². The molecule has 0 unspecified atom stereocenters. The van der Waals surface area contributed by atoms with Crippen LogP contribution >= 0.6 is 11.8 Å². The Morgan fingerprint density at radius 3 is 2.19 bits per heavy atom. The average Bonchev–Trinajstić information content (AvgIpc) is 3.37. The summed E-state index contributed by atoms with van der Waals surface area (Å²) in [6, 6.07) is 13.2. The summed E-state index contributed by atoms with van der Waals surface area (Å²) in [5.41, 5.74) is 1.45. The molecule has 7 nitrogen and oxygen atoms in total. The highest BCUT2D eigenvalue weighted by molar-refractivity contribution is 7.98. The van der Waals surface area contributed by atoms with Crippen molar-refractivity contribution in [3.63, 3.8) is 0 Å². The molecule has 0 N–H and O–H groups in total. The predicted molar refractivity (Wildman–Crippen MR) is 95.5 cm³/mol. The first kappa shape index (κ1) is 17.2. The van der Waals surface area contributed by atoms with Crippen molar-refractivity contribution in [2.24, 2.45) is 0 Å². The fourth-order valence-corrected chi connectivity index (χ4v) is 2.86. The number of hydrogen-bond acceptors (Lipinski definition) is 8. The van der Waals surface area contributed by atoms with Crippen molar-refractivity contribution < 1.29 is 18.0 Å². The number of aromatic nitrogens is 4. The van der Waals surface area contributed by atoms with Crippen molar-refractivity contribution in [1.29, 1.82) is 0 Å². The number of ether oxygens (including phenoxy) is 1. The maximum absolute atomic E-state index is 13.0. The maximum Gasteiger partial charge on any atom is 0.277 e. The van der Waals surface area contributed by atoms with Crippen LogP contribution in [0.3, 0.4) is 0 Å². The van der Waals surface area contributed by atoms with Crippen LogP contribution in [0.25, 0.3) is 22.9 Å². The third-order valence-corrected chi connectivity index (χ3v) is 4.42. The first-order chi connectivity index (χ1) is 13.2. The Kier molecular flexibility index (Phi) is 4.84. The van der Waals surface area contributed by atoms with Crippen LogP contribution in [-0.4, -0.2) is 27.5 Å². The molecule has 4 rings (SSSR count). The zero-order valence-corrected chi connectivity index (χ0v) is 14.9. The molecule has 0 saturated carbocycles. The van der Waals surface area contributed by atoms with Gasteiger partial charge >= 0.3 is 0 Å². The van der Waals surface area contributed by atoms with E-state index >= 15 is 0 Å². The van der Waals surface area contributed by atoms with Crippen molar-refractivity contribution in [2.45, 2.75) is 11.0 Å². The van der Waals surface area contributed by atoms with Gasteiger partial charge in [-0.1, -0.05) is 11.8 Å². The zero-order valence-electron chi connectivity index (χ0n) is 14.1. The maximum atomic E-state index is 13.0. The van der Waals surface area contributed by atoms with Gasteiger partial charge in [0.05, 0.1) is 12.9 Å². The molecule has 4 aromatic rings. The molecule has 9 heteroatoms. The fraction of sp³-hybridized carbons (Fsp3) is 0.111. The fourth-order valence-electron chi connectivity index (χ4n) is 2.26. The number of hydrogen-bond donors (Lipinski definition) is 0. The van der Waals surface area contributed by atoms with E-state index in [9.17, 15) is 4.39 Å². The van der Waals surface area contributed by atoms with Crippen LogP contribution in [0.1, 0.15) is 5.89 Å². The van der Waals surface area contributed by atoms with E-state index < -0.39 is 0 Å². The van der Waals surface area contributed by atoms with E-state index in [4.69, 9.17) is 13.6 Å². The Balaban J connectivity index is 1.40. The monoisotopic (exact) mass is 384 g/mol. The summed E-state index contributed by atoms with van der Waals surface area (Å²) in [7, 11) is 1.61. The summed E-state index contributed by atoms with van der Waals surface area (Å²) in [6.07, 6.45) is 0. The molecule has 2 heterocycles. The summed E-state index contributed by atoms with van der Waals surface area (Å²) in [6.45, 7) is 0. The van der Waals surface area contributed by atoms with Crippen LogP contribution in [-0.2, 0) is 5.75 Å². The van der Waals surface area contributed by atoms with Gasteiger partial charge in [0.1, 0.15) is 11.6 Å². The number of thioether (sulfide) groups is 1. The Morgan fingerprint density at radius 2 is 1.48 bits per heavy atom. The average molecular weight is 384 g/mol. The lowest BCUT2D eigenvalue weighted by atomic mass is 10.2. The Labute approximate surface area is 157 Å². The van der Waals surface area contributed by atoms with Gasteiger partial charge in [-0.05, 0) is 48.5 Å². The minimum absolute atomic E-state index is 0.321. The van der Waals surface area contributed by atoms with E-state index in [2.05, 4.69) is 20.4 Å². The molecule has 136 valence electrons. The molecule has 0 atom stereocenters. The third kappa shape index (κ3) is 3.98. The highest BCUT2D eigenvalue weighted by Gasteiger charge is 2.13. The Hall–Kier alpha value is -3.20. The zero-order chi connectivity index (χ0) is 18.6. The van der Waals surface area contributed by atoms with E-state index in [1.165, 1.54) is 23.9 Å². The molecule has 0 amide bonds. The molecule has 0 fully saturated rings. The molecule has 27 heavy (non-hydrogen) atoms. The van der Waals surface area contributed by atoms with E-state index in [0.29, 0.717) is 34.2 Å². The summed E-state index contributed by atoms with van der Waals surface area (Å²) in [5.74, 6) is 1.95. The molecule has 0 bridgehead atoms. The topological polar surface area (TPSA) is 87.1 Å². The van der Waals surface area contributed by atoms with Gasteiger partial charge in [0.2, 0.25) is 17.7 Å². The third-order valence-electron chi connectivity index (χ3n) is 3.62. The lowest BCUT2D eigenvalue weighted by Crippen LogP contribution is -1.82. The van der Waals surface area contributed by atoms with Crippen LogP contribution in [0.15, 0.2) is 62.6 Å². The van der Waals surface area contributed by atoms with Gasteiger partial charge in [-0.25, -0.2) is 4.39 Å². The largest absolute Gasteiger partial charge is 0.497 e. The molecular formula is C18H13FN4O3S. The summed E-state index contributed by atoms with van der Waals surface area (Å²) in [4.78, 5) is 0. The minimum atomic E-state index is -0.321.